The number of hydrogen-bond donors (Lipinski definition) is 1. The fraction of sp³-hybridized carbons (Fsp3) is 0.400. The molecule has 1 rings (SSSR count). The average Bonchev–Trinajstić information content (AvgIpc) is 2.11. The number of halogens is 3. The van der Waals surface area contributed by atoms with Gasteiger partial charge in [0.15, 0.2) is 0 Å². The minimum atomic E-state index is -0.932. The molecular weight excluding hydrogens is 207 g/mol. The first kappa shape index (κ1) is 12.0. The van der Waals surface area contributed by atoms with Crippen molar-refractivity contribution in [2.24, 2.45) is 0 Å². The van der Waals surface area contributed by atoms with Gasteiger partial charge in [0.2, 0.25) is 0 Å². The summed E-state index contributed by atoms with van der Waals surface area (Å²) in [7, 11) is 1.61. The van der Waals surface area contributed by atoms with Crippen molar-refractivity contribution >= 4 is 0 Å². The van der Waals surface area contributed by atoms with Crippen molar-refractivity contribution < 1.29 is 18.3 Å². The summed E-state index contributed by atoms with van der Waals surface area (Å²) in [5, 5.41) is 8.61. The molecule has 0 bridgehead atoms. The monoisotopic (exact) mass is 219 g/mol. The van der Waals surface area contributed by atoms with E-state index in [1.54, 1.807) is 11.9 Å². The Bertz CT molecular complexity index is 320. The molecule has 0 radical (unpaired) electrons. The zero-order chi connectivity index (χ0) is 11.4. The smallest absolute Gasteiger partial charge is 0.133 e. The van der Waals surface area contributed by atoms with Crippen molar-refractivity contribution in [3.63, 3.8) is 0 Å². The lowest BCUT2D eigenvalue weighted by Gasteiger charge is -2.15. The topological polar surface area (TPSA) is 23.5 Å². The molecule has 0 aliphatic rings. The molecule has 0 saturated heterocycles. The van der Waals surface area contributed by atoms with E-state index in [0.717, 1.165) is 0 Å². The van der Waals surface area contributed by atoms with Crippen LogP contribution in [0.2, 0.25) is 0 Å². The third-order valence-electron chi connectivity index (χ3n) is 2.02. The Labute approximate surface area is 85.9 Å². The van der Waals surface area contributed by atoms with E-state index in [9.17, 15) is 13.2 Å². The molecule has 2 nitrogen and oxygen atoms in total. The Hall–Kier alpha value is -1.07. The van der Waals surface area contributed by atoms with Crippen LogP contribution in [0.4, 0.5) is 13.2 Å². The quantitative estimate of drug-likeness (QED) is 0.830. The number of likely N-dealkylation sites (N-methyl/N-ethyl adjacent to an activating group) is 1. The Morgan fingerprint density at radius 2 is 1.73 bits per heavy atom. The Morgan fingerprint density at radius 3 is 2.20 bits per heavy atom. The average molecular weight is 219 g/mol. The molecule has 0 unspecified atom stereocenters. The van der Waals surface area contributed by atoms with E-state index in [1.165, 1.54) is 0 Å². The van der Waals surface area contributed by atoms with Gasteiger partial charge in [-0.3, -0.25) is 4.90 Å². The molecule has 1 N–H and O–H groups in total. The van der Waals surface area contributed by atoms with Gasteiger partial charge in [0.05, 0.1) is 6.61 Å². The number of benzene rings is 1. The standard InChI is InChI=1S/C10H12F3NO/c1-14(2-3-15)6-8-9(12)4-7(11)5-10(8)13/h4-5,15H,2-3,6H2,1H3. The molecule has 0 saturated carbocycles. The van der Waals surface area contributed by atoms with Gasteiger partial charge in [-0.2, -0.15) is 0 Å². The number of aliphatic hydroxyl groups excluding tert-OH is 1. The van der Waals surface area contributed by atoms with Gasteiger partial charge in [-0.15, -0.1) is 0 Å². The second kappa shape index (κ2) is 5.14. The summed E-state index contributed by atoms with van der Waals surface area (Å²) >= 11 is 0. The highest BCUT2D eigenvalue weighted by Crippen LogP contribution is 2.16. The van der Waals surface area contributed by atoms with Crippen molar-refractivity contribution in [1.29, 1.82) is 0 Å². The van der Waals surface area contributed by atoms with Gasteiger partial charge in [0.1, 0.15) is 17.5 Å². The molecule has 15 heavy (non-hydrogen) atoms. The van der Waals surface area contributed by atoms with Crippen LogP contribution in [0.5, 0.6) is 0 Å². The Morgan fingerprint density at radius 1 is 1.20 bits per heavy atom. The molecule has 0 heterocycles. The highest BCUT2D eigenvalue weighted by Gasteiger charge is 2.12. The predicted molar refractivity (Wildman–Crippen MR) is 49.7 cm³/mol. The predicted octanol–water partition coefficient (Wildman–Crippen LogP) is 1.53. The first-order valence-corrected chi connectivity index (χ1v) is 4.47. The van der Waals surface area contributed by atoms with Crippen LogP contribution in [-0.2, 0) is 6.54 Å². The summed E-state index contributed by atoms with van der Waals surface area (Å²) in [6.07, 6.45) is 0. The summed E-state index contributed by atoms with van der Waals surface area (Å²) in [5.74, 6) is -2.74. The fourth-order valence-electron chi connectivity index (χ4n) is 1.24. The maximum Gasteiger partial charge on any atom is 0.133 e. The number of rotatable bonds is 4. The second-order valence-electron chi connectivity index (χ2n) is 3.31. The molecule has 0 aromatic heterocycles. The third kappa shape index (κ3) is 3.21. The van der Waals surface area contributed by atoms with Crippen molar-refractivity contribution in [3.05, 3.63) is 35.1 Å². The van der Waals surface area contributed by atoms with Gasteiger partial charge in [-0.05, 0) is 7.05 Å². The molecule has 1 aromatic carbocycles. The maximum atomic E-state index is 13.1. The fourth-order valence-corrected chi connectivity index (χ4v) is 1.24. The summed E-state index contributed by atoms with van der Waals surface area (Å²) in [6.45, 7) is 0.204. The highest BCUT2D eigenvalue weighted by molar-refractivity contribution is 5.20. The molecule has 0 amide bonds. The van der Waals surface area contributed by atoms with E-state index in [-0.39, 0.29) is 18.7 Å². The lowest BCUT2D eigenvalue weighted by Crippen LogP contribution is -2.22. The molecule has 1 aromatic rings. The van der Waals surface area contributed by atoms with Gasteiger partial charge >= 0.3 is 0 Å². The SMILES string of the molecule is CN(CCO)Cc1c(F)cc(F)cc1F. The molecule has 0 aliphatic carbocycles. The van der Waals surface area contributed by atoms with Crippen LogP contribution >= 0.6 is 0 Å². The Kier molecular flexibility index (Phi) is 4.11. The normalized spacial score (nSPS) is 11.1. The lowest BCUT2D eigenvalue weighted by molar-refractivity contribution is 0.214. The van der Waals surface area contributed by atoms with Crippen LogP contribution in [0.3, 0.4) is 0 Å². The van der Waals surface area contributed by atoms with Gasteiger partial charge in [0.25, 0.3) is 0 Å². The van der Waals surface area contributed by atoms with Crippen molar-refractivity contribution in [2.75, 3.05) is 20.2 Å². The largest absolute Gasteiger partial charge is 0.395 e. The van der Waals surface area contributed by atoms with Gasteiger partial charge in [-0.25, -0.2) is 13.2 Å². The van der Waals surface area contributed by atoms with E-state index in [0.29, 0.717) is 18.7 Å². The molecular formula is C10H12F3NO. The minimum absolute atomic E-state index is 0.00148. The third-order valence-corrected chi connectivity index (χ3v) is 2.02. The van der Waals surface area contributed by atoms with Crippen LogP contribution in [0.15, 0.2) is 12.1 Å². The van der Waals surface area contributed by atoms with Crippen LogP contribution < -0.4 is 0 Å². The zero-order valence-electron chi connectivity index (χ0n) is 8.30. The van der Waals surface area contributed by atoms with E-state index < -0.39 is 17.5 Å². The van der Waals surface area contributed by atoms with Crippen molar-refractivity contribution in [3.8, 4) is 0 Å². The molecule has 0 aliphatic heterocycles. The lowest BCUT2D eigenvalue weighted by atomic mass is 10.2. The summed E-state index contributed by atoms with van der Waals surface area (Å²) in [6, 6.07) is 1.29. The van der Waals surface area contributed by atoms with Gasteiger partial charge in [-0.1, -0.05) is 0 Å². The van der Waals surface area contributed by atoms with E-state index in [4.69, 9.17) is 5.11 Å². The van der Waals surface area contributed by atoms with E-state index in [1.807, 2.05) is 0 Å². The van der Waals surface area contributed by atoms with Crippen LogP contribution in [-0.4, -0.2) is 30.2 Å². The van der Waals surface area contributed by atoms with Crippen LogP contribution in [0, 0.1) is 17.5 Å². The van der Waals surface area contributed by atoms with Crippen LogP contribution in [0.1, 0.15) is 5.56 Å². The first-order valence-electron chi connectivity index (χ1n) is 4.47. The highest BCUT2D eigenvalue weighted by atomic mass is 19.1. The van der Waals surface area contributed by atoms with Gasteiger partial charge < -0.3 is 5.11 Å². The second-order valence-corrected chi connectivity index (χ2v) is 3.31. The molecule has 0 atom stereocenters. The number of nitrogens with zero attached hydrogens (tertiary/aromatic N) is 1. The van der Waals surface area contributed by atoms with Crippen LogP contribution in [0.25, 0.3) is 0 Å². The maximum absolute atomic E-state index is 13.1. The van der Waals surface area contributed by atoms with Crippen molar-refractivity contribution in [1.82, 2.24) is 4.90 Å². The molecule has 0 fully saturated rings. The summed E-state index contributed by atoms with van der Waals surface area (Å²) < 4.78 is 38.8. The first-order chi connectivity index (χ1) is 7.04. The van der Waals surface area contributed by atoms with E-state index in [2.05, 4.69) is 0 Å². The molecule has 5 heteroatoms. The zero-order valence-corrected chi connectivity index (χ0v) is 8.30. The van der Waals surface area contributed by atoms with Crippen molar-refractivity contribution in [2.45, 2.75) is 6.54 Å². The molecule has 0 spiro atoms. The summed E-state index contributed by atoms with van der Waals surface area (Å²) in [5.41, 5.74) is -0.188. The van der Waals surface area contributed by atoms with Gasteiger partial charge in [0, 0.05) is 30.8 Å². The Balaban J connectivity index is 2.85. The number of hydrogen-bond acceptors (Lipinski definition) is 2. The molecule has 84 valence electrons. The number of aliphatic hydroxyl groups is 1. The van der Waals surface area contributed by atoms with E-state index >= 15 is 0 Å². The summed E-state index contributed by atoms with van der Waals surface area (Å²) in [4.78, 5) is 1.54. The minimum Gasteiger partial charge on any atom is -0.395 e.